The van der Waals surface area contributed by atoms with Gasteiger partial charge in [0.05, 0.1) is 18.9 Å². The number of nitrogens with zero attached hydrogens (tertiary/aromatic N) is 1. The molecule has 3 amide bonds. The number of amides is 3. The van der Waals surface area contributed by atoms with E-state index in [1.807, 2.05) is 0 Å². The highest BCUT2D eigenvalue weighted by Crippen LogP contribution is 2.01. The second kappa shape index (κ2) is 12.4. The zero-order valence-corrected chi connectivity index (χ0v) is 16.7. The Morgan fingerprint density at radius 2 is 1.83 bits per heavy atom. The number of carbonyl (C=O) groups is 5. The number of nitrogens with two attached hydrogens (primary N) is 1. The fraction of sp³-hybridized carbons (Fsp3) is 0.500. The number of thiol groups is 1. The smallest absolute Gasteiger partial charge is 0.326 e. The van der Waals surface area contributed by atoms with Crippen molar-refractivity contribution >= 4 is 42.3 Å². The number of carboxylic acid groups (broad SMARTS) is 2. The van der Waals surface area contributed by atoms with Crippen LogP contribution in [0.1, 0.15) is 18.5 Å². The van der Waals surface area contributed by atoms with E-state index in [1.54, 1.807) is 0 Å². The zero-order chi connectivity index (χ0) is 22.7. The van der Waals surface area contributed by atoms with Crippen LogP contribution in [0, 0.1) is 0 Å². The van der Waals surface area contributed by atoms with Gasteiger partial charge in [0.1, 0.15) is 12.1 Å². The molecule has 0 aliphatic heterocycles. The van der Waals surface area contributed by atoms with Crippen LogP contribution >= 0.6 is 12.6 Å². The van der Waals surface area contributed by atoms with Gasteiger partial charge in [-0.15, -0.1) is 0 Å². The third kappa shape index (κ3) is 8.91. The first-order valence-corrected chi connectivity index (χ1v) is 9.43. The van der Waals surface area contributed by atoms with E-state index < -0.39 is 60.8 Å². The van der Waals surface area contributed by atoms with Crippen molar-refractivity contribution in [1.82, 2.24) is 25.9 Å². The van der Waals surface area contributed by atoms with E-state index in [0.717, 1.165) is 0 Å². The molecule has 1 aromatic heterocycles. The SMILES string of the molecule is NC(CS)C(=O)NC(Cc1cnc[nH]1)C(=O)NCC(=O)NC(CCC(=O)O)C(=O)O. The number of aromatic amines is 1. The highest BCUT2D eigenvalue weighted by molar-refractivity contribution is 7.80. The van der Waals surface area contributed by atoms with Crippen LogP contribution in [0.5, 0.6) is 0 Å². The summed E-state index contributed by atoms with van der Waals surface area (Å²) in [5.74, 6) is -4.72. The third-order valence-electron chi connectivity index (χ3n) is 3.85. The maximum Gasteiger partial charge on any atom is 0.326 e. The summed E-state index contributed by atoms with van der Waals surface area (Å²) in [5, 5.41) is 24.6. The van der Waals surface area contributed by atoms with E-state index in [1.165, 1.54) is 12.5 Å². The van der Waals surface area contributed by atoms with Crippen LogP contribution in [-0.2, 0) is 30.4 Å². The molecule has 0 saturated heterocycles. The molecule has 3 unspecified atom stereocenters. The molecule has 0 aliphatic carbocycles. The first kappa shape index (κ1) is 24.9. The molecule has 30 heavy (non-hydrogen) atoms. The van der Waals surface area contributed by atoms with E-state index >= 15 is 0 Å². The number of H-pyrrole nitrogens is 1. The fourth-order valence-electron chi connectivity index (χ4n) is 2.25. The predicted molar refractivity (Wildman–Crippen MR) is 105 cm³/mol. The summed E-state index contributed by atoms with van der Waals surface area (Å²) in [7, 11) is 0. The second-order valence-corrected chi connectivity index (χ2v) is 6.60. The highest BCUT2D eigenvalue weighted by atomic mass is 32.1. The minimum Gasteiger partial charge on any atom is -0.481 e. The number of aliphatic carboxylic acids is 2. The molecule has 0 fully saturated rings. The molecule has 0 radical (unpaired) electrons. The quantitative estimate of drug-likeness (QED) is 0.148. The van der Waals surface area contributed by atoms with Crippen molar-refractivity contribution in [3.8, 4) is 0 Å². The topological polar surface area (TPSA) is 217 Å². The summed E-state index contributed by atoms with van der Waals surface area (Å²) >= 11 is 3.92. The highest BCUT2D eigenvalue weighted by Gasteiger charge is 2.25. The number of rotatable bonds is 13. The van der Waals surface area contributed by atoms with E-state index in [4.69, 9.17) is 15.9 Å². The Balaban J connectivity index is 2.68. The molecular formula is C16H24N6O7S. The van der Waals surface area contributed by atoms with Gasteiger partial charge in [0.25, 0.3) is 0 Å². The normalized spacial score (nSPS) is 13.5. The van der Waals surface area contributed by atoms with Crippen LogP contribution in [0.2, 0.25) is 0 Å². The number of aromatic nitrogens is 2. The van der Waals surface area contributed by atoms with Crippen LogP contribution in [0.4, 0.5) is 0 Å². The van der Waals surface area contributed by atoms with Gasteiger partial charge in [-0.3, -0.25) is 19.2 Å². The van der Waals surface area contributed by atoms with Gasteiger partial charge in [0.15, 0.2) is 0 Å². The maximum atomic E-state index is 12.5. The Labute approximate surface area is 176 Å². The third-order valence-corrected chi connectivity index (χ3v) is 4.24. The number of carbonyl (C=O) groups excluding carboxylic acids is 3. The molecule has 8 N–H and O–H groups in total. The van der Waals surface area contributed by atoms with Gasteiger partial charge in [-0.1, -0.05) is 0 Å². The molecule has 0 spiro atoms. The average Bonchev–Trinajstić information content (AvgIpc) is 3.20. The Morgan fingerprint density at radius 1 is 1.13 bits per heavy atom. The Morgan fingerprint density at radius 3 is 2.37 bits per heavy atom. The number of nitrogens with one attached hydrogen (secondary N) is 4. The number of hydrogen-bond acceptors (Lipinski definition) is 8. The zero-order valence-electron chi connectivity index (χ0n) is 15.8. The van der Waals surface area contributed by atoms with Crippen molar-refractivity contribution in [2.45, 2.75) is 37.4 Å². The minimum atomic E-state index is -1.42. The average molecular weight is 444 g/mol. The summed E-state index contributed by atoms with van der Waals surface area (Å²) < 4.78 is 0. The van der Waals surface area contributed by atoms with Gasteiger partial charge in [-0.05, 0) is 6.42 Å². The predicted octanol–water partition coefficient (Wildman–Crippen LogP) is -2.76. The Bertz CT molecular complexity index is 757. The van der Waals surface area contributed by atoms with Gasteiger partial charge in [0.2, 0.25) is 17.7 Å². The van der Waals surface area contributed by atoms with Crippen molar-refractivity contribution in [2.75, 3.05) is 12.3 Å². The summed E-state index contributed by atoms with van der Waals surface area (Å²) in [6.45, 7) is -0.580. The molecule has 0 aliphatic rings. The van der Waals surface area contributed by atoms with Crippen molar-refractivity contribution in [2.24, 2.45) is 5.73 Å². The lowest BCUT2D eigenvalue weighted by atomic mass is 10.1. The van der Waals surface area contributed by atoms with Gasteiger partial charge in [-0.25, -0.2) is 9.78 Å². The van der Waals surface area contributed by atoms with E-state index in [-0.39, 0.29) is 18.6 Å². The van der Waals surface area contributed by atoms with Crippen LogP contribution < -0.4 is 21.7 Å². The minimum absolute atomic E-state index is 0.0366. The molecule has 13 nitrogen and oxygen atoms in total. The monoisotopic (exact) mass is 444 g/mol. The van der Waals surface area contributed by atoms with E-state index in [9.17, 15) is 24.0 Å². The fourth-order valence-corrected chi connectivity index (χ4v) is 2.41. The van der Waals surface area contributed by atoms with Crippen molar-refractivity contribution in [1.29, 1.82) is 0 Å². The summed E-state index contributed by atoms with van der Waals surface area (Å²) in [6, 6.07) is -3.45. The standard InChI is InChI=1S/C16H24N6O7S/c17-9(6-30)14(26)22-11(3-8-4-18-7-20-8)15(27)19-5-12(23)21-10(16(28)29)1-2-13(24)25/h4,7,9-11,30H,1-3,5-6,17H2,(H,18,20)(H,19,27)(H,21,23)(H,22,26)(H,24,25)(H,28,29). The molecule has 1 heterocycles. The van der Waals surface area contributed by atoms with Crippen LogP contribution in [0.25, 0.3) is 0 Å². The summed E-state index contributed by atoms with van der Waals surface area (Å²) in [4.78, 5) is 64.7. The van der Waals surface area contributed by atoms with Crippen LogP contribution in [-0.4, -0.2) is 80.3 Å². The number of hydrogen-bond donors (Lipinski definition) is 8. The van der Waals surface area contributed by atoms with E-state index in [2.05, 4.69) is 38.5 Å². The van der Waals surface area contributed by atoms with E-state index in [0.29, 0.717) is 5.69 Å². The Kier molecular flexibility index (Phi) is 10.3. The van der Waals surface area contributed by atoms with Gasteiger partial charge < -0.3 is 36.9 Å². The molecule has 0 aromatic carbocycles. The number of imidazole rings is 1. The number of carboxylic acids is 2. The molecule has 0 bridgehead atoms. The van der Waals surface area contributed by atoms with Crippen molar-refractivity contribution in [3.63, 3.8) is 0 Å². The largest absolute Gasteiger partial charge is 0.481 e. The molecule has 1 rings (SSSR count). The first-order chi connectivity index (χ1) is 14.1. The molecule has 1 aromatic rings. The lowest BCUT2D eigenvalue weighted by Gasteiger charge is -2.20. The van der Waals surface area contributed by atoms with Gasteiger partial charge >= 0.3 is 11.9 Å². The molecule has 14 heteroatoms. The lowest BCUT2D eigenvalue weighted by molar-refractivity contribution is -0.143. The summed E-state index contributed by atoms with van der Waals surface area (Å²) in [5.41, 5.74) is 6.13. The van der Waals surface area contributed by atoms with Crippen molar-refractivity contribution < 1.29 is 34.2 Å². The lowest BCUT2D eigenvalue weighted by Crippen LogP contribution is -2.54. The van der Waals surface area contributed by atoms with Crippen LogP contribution in [0.15, 0.2) is 12.5 Å². The second-order valence-electron chi connectivity index (χ2n) is 6.24. The van der Waals surface area contributed by atoms with Crippen molar-refractivity contribution in [3.05, 3.63) is 18.2 Å². The van der Waals surface area contributed by atoms with Gasteiger partial charge in [-0.2, -0.15) is 12.6 Å². The van der Waals surface area contributed by atoms with Gasteiger partial charge in [0, 0.05) is 30.5 Å². The summed E-state index contributed by atoms with van der Waals surface area (Å²) in [6.07, 6.45) is 2.12. The molecule has 0 saturated carbocycles. The maximum absolute atomic E-state index is 12.5. The molecular weight excluding hydrogens is 420 g/mol. The Hall–Kier alpha value is -3.13. The van der Waals surface area contributed by atoms with Crippen LogP contribution in [0.3, 0.4) is 0 Å². The molecule has 166 valence electrons. The first-order valence-electron chi connectivity index (χ1n) is 8.79. The molecule has 3 atom stereocenters.